The number of hydrogen-bond acceptors (Lipinski definition) is 3. The Labute approximate surface area is 92.9 Å². The van der Waals surface area contributed by atoms with Gasteiger partial charge in [-0.15, -0.1) is 11.8 Å². The van der Waals surface area contributed by atoms with Gasteiger partial charge in [-0.1, -0.05) is 6.92 Å². The Kier molecular flexibility index (Phi) is 3.16. The molecule has 1 N–H and O–H groups in total. The second-order valence-electron chi connectivity index (χ2n) is 3.33. The summed E-state index contributed by atoms with van der Waals surface area (Å²) in [4.78, 5) is 11.8. The summed E-state index contributed by atoms with van der Waals surface area (Å²) in [5.41, 5.74) is 1.66. The molecule has 1 aromatic rings. The largest absolute Gasteiger partial charge is 0.469 e. The van der Waals surface area contributed by atoms with E-state index in [2.05, 4.69) is 5.32 Å². The highest BCUT2D eigenvalue weighted by atomic mass is 32.2. The van der Waals surface area contributed by atoms with E-state index in [4.69, 9.17) is 4.42 Å². The molecule has 80 valence electrons. The van der Waals surface area contributed by atoms with Crippen LogP contribution in [0.15, 0.2) is 27.9 Å². The van der Waals surface area contributed by atoms with Gasteiger partial charge >= 0.3 is 0 Å². The summed E-state index contributed by atoms with van der Waals surface area (Å²) < 4.78 is 5.21. The van der Waals surface area contributed by atoms with Crippen molar-refractivity contribution in [2.45, 2.75) is 19.8 Å². The molecule has 1 aliphatic heterocycles. The summed E-state index contributed by atoms with van der Waals surface area (Å²) in [5.74, 6) is 1.75. The smallest absolute Gasteiger partial charge is 0.258 e. The van der Waals surface area contributed by atoms with Gasteiger partial charge in [0.15, 0.2) is 0 Å². The normalized spacial score (nSPS) is 15.1. The van der Waals surface area contributed by atoms with Crippen LogP contribution in [0.2, 0.25) is 0 Å². The molecule has 2 rings (SSSR count). The van der Waals surface area contributed by atoms with Crippen molar-refractivity contribution in [3.8, 4) is 0 Å². The molecule has 0 radical (unpaired) electrons. The molecule has 0 fully saturated rings. The number of carbonyl (C=O) groups excluding carboxylic acids is 1. The molecule has 2 heterocycles. The molecule has 0 atom stereocenters. The van der Waals surface area contributed by atoms with Gasteiger partial charge in [-0.3, -0.25) is 4.79 Å². The van der Waals surface area contributed by atoms with Crippen molar-refractivity contribution in [1.82, 2.24) is 5.32 Å². The zero-order valence-corrected chi connectivity index (χ0v) is 9.39. The molecule has 1 aromatic heterocycles. The molecule has 15 heavy (non-hydrogen) atoms. The third-order valence-corrected chi connectivity index (χ3v) is 3.19. The van der Waals surface area contributed by atoms with E-state index in [9.17, 15) is 4.79 Å². The maximum Gasteiger partial charge on any atom is 0.258 e. The number of allylic oxidation sites excluding steroid dienone is 1. The van der Waals surface area contributed by atoms with Gasteiger partial charge in [0.1, 0.15) is 5.76 Å². The highest BCUT2D eigenvalue weighted by molar-refractivity contribution is 8.02. The zero-order chi connectivity index (χ0) is 10.7. The summed E-state index contributed by atoms with van der Waals surface area (Å²) >= 11 is 1.73. The van der Waals surface area contributed by atoms with Crippen LogP contribution in [0.25, 0.3) is 0 Å². The van der Waals surface area contributed by atoms with Crippen molar-refractivity contribution in [2.75, 3.05) is 5.75 Å². The Morgan fingerprint density at radius 3 is 3.20 bits per heavy atom. The van der Waals surface area contributed by atoms with Crippen LogP contribution in [0.4, 0.5) is 0 Å². The predicted octanol–water partition coefficient (Wildman–Crippen LogP) is 2.55. The van der Waals surface area contributed by atoms with E-state index in [0.29, 0.717) is 5.56 Å². The minimum absolute atomic E-state index is 0.0608. The first kappa shape index (κ1) is 10.4. The van der Waals surface area contributed by atoms with Crippen LogP contribution in [0, 0.1) is 0 Å². The second-order valence-corrected chi connectivity index (χ2v) is 4.31. The van der Waals surface area contributed by atoms with Crippen molar-refractivity contribution >= 4 is 17.7 Å². The number of furan rings is 1. The molecule has 0 saturated heterocycles. The van der Waals surface area contributed by atoms with Crippen molar-refractivity contribution < 1.29 is 9.21 Å². The van der Waals surface area contributed by atoms with Crippen LogP contribution in [0.3, 0.4) is 0 Å². The lowest BCUT2D eigenvalue weighted by Crippen LogP contribution is -2.22. The molecule has 4 heteroatoms. The summed E-state index contributed by atoms with van der Waals surface area (Å²) in [6.07, 6.45) is 3.24. The number of carbonyl (C=O) groups is 1. The van der Waals surface area contributed by atoms with Gasteiger partial charge < -0.3 is 9.73 Å². The number of nitrogens with one attached hydrogen (secondary N) is 1. The average molecular weight is 223 g/mol. The topological polar surface area (TPSA) is 42.2 Å². The first-order chi connectivity index (χ1) is 7.31. The third kappa shape index (κ3) is 2.26. The fraction of sp³-hybridized carbons (Fsp3) is 0.364. The summed E-state index contributed by atoms with van der Waals surface area (Å²) in [6, 6.07) is 1.72. The maximum atomic E-state index is 11.8. The summed E-state index contributed by atoms with van der Waals surface area (Å²) in [6.45, 7) is 1.97. The Morgan fingerprint density at radius 1 is 1.67 bits per heavy atom. The molecule has 3 nitrogen and oxygen atoms in total. The molecule has 0 spiro atoms. The van der Waals surface area contributed by atoms with E-state index >= 15 is 0 Å². The Bertz CT molecular complexity index is 395. The minimum Gasteiger partial charge on any atom is -0.469 e. The lowest BCUT2D eigenvalue weighted by atomic mass is 10.2. The van der Waals surface area contributed by atoms with Crippen molar-refractivity contribution in [1.29, 1.82) is 0 Å². The lowest BCUT2D eigenvalue weighted by Gasteiger charge is -2.04. The number of rotatable bonds is 3. The number of amides is 1. The monoisotopic (exact) mass is 223 g/mol. The molecule has 1 amide bonds. The van der Waals surface area contributed by atoms with Gasteiger partial charge in [-0.2, -0.15) is 0 Å². The molecule has 0 aromatic carbocycles. The predicted molar refractivity (Wildman–Crippen MR) is 60.7 cm³/mol. The maximum absolute atomic E-state index is 11.8. The van der Waals surface area contributed by atoms with Crippen molar-refractivity contribution in [2.24, 2.45) is 0 Å². The second kappa shape index (κ2) is 4.57. The first-order valence-corrected chi connectivity index (χ1v) is 6.04. The van der Waals surface area contributed by atoms with Crippen LogP contribution in [0.1, 0.15) is 29.5 Å². The van der Waals surface area contributed by atoms with Crippen LogP contribution >= 0.6 is 11.8 Å². The Balaban J connectivity index is 2.07. The fourth-order valence-electron chi connectivity index (χ4n) is 1.51. The van der Waals surface area contributed by atoms with E-state index in [1.807, 2.05) is 12.3 Å². The average Bonchev–Trinajstić information content (AvgIpc) is 2.86. The summed E-state index contributed by atoms with van der Waals surface area (Å²) in [5, 5.41) is 4.90. The van der Waals surface area contributed by atoms with E-state index < -0.39 is 0 Å². The fourth-order valence-corrected chi connectivity index (χ4v) is 2.34. The van der Waals surface area contributed by atoms with Crippen LogP contribution in [-0.2, 0) is 6.42 Å². The zero-order valence-electron chi connectivity index (χ0n) is 8.58. The first-order valence-electron chi connectivity index (χ1n) is 4.99. The van der Waals surface area contributed by atoms with Gasteiger partial charge in [0.05, 0.1) is 11.8 Å². The number of thioether (sulfide) groups is 1. The Hall–Kier alpha value is -1.16. The van der Waals surface area contributed by atoms with Gasteiger partial charge in [0.25, 0.3) is 5.91 Å². The Morgan fingerprint density at radius 2 is 2.53 bits per heavy atom. The van der Waals surface area contributed by atoms with Gasteiger partial charge in [0, 0.05) is 17.9 Å². The standard InChI is InChI=1S/C11H13NO2S/c1-2-10-9(3-5-14-10)11(13)12-8-4-6-15-7-8/h3,5,7H,2,4,6H2,1H3,(H,12,13). The van der Waals surface area contributed by atoms with Crippen LogP contribution < -0.4 is 5.32 Å². The SMILES string of the molecule is CCc1occc1C(=O)NC1=CSCC1. The number of hydrogen-bond donors (Lipinski definition) is 1. The molecule has 1 aliphatic rings. The summed E-state index contributed by atoms with van der Waals surface area (Å²) in [7, 11) is 0. The van der Waals surface area contributed by atoms with Gasteiger partial charge in [0.2, 0.25) is 0 Å². The number of aryl methyl sites for hydroxylation is 1. The van der Waals surface area contributed by atoms with Crippen LogP contribution in [-0.4, -0.2) is 11.7 Å². The molecule has 0 unspecified atom stereocenters. The molecule has 0 saturated carbocycles. The molecular weight excluding hydrogens is 210 g/mol. The third-order valence-electron chi connectivity index (χ3n) is 2.30. The van der Waals surface area contributed by atoms with E-state index in [1.54, 1.807) is 24.1 Å². The van der Waals surface area contributed by atoms with E-state index in [-0.39, 0.29) is 5.91 Å². The quantitative estimate of drug-likeness (QED) is 0.856. The lowest BCUT2D eigenvalue weighted by molar-refractivity contribution is 0.0963. The molecule has 0 bridgehead atoms. The highest BCUT2D eigenvalue weighted by Gasteiger charge is 2.15. The van der Waals surface area contributed by atoms with E-state index in [0.717, 1.165) is 30.1 Å². The minimum atomic E-state index is -0.0608. The molecule has 0 aliphatic carbocycles. The van der Waals surface area contributed by atoms with Gasteiger partial charge in [-0.25, -0.2) is 0 Å². The van der Waals surface area contributed by atoms with E-state index in [1.165, 1.54) is 0 Å². The van der Waals surface area contributed by atoms with Gasteiger partial charge in [-0.05, 0) is 17.9 Å². The molecular formula is C11H13NO2S. The highest BCUT2D eigenvalue weighted by Crippen LogP contribution is 2.20. The van der Waals surface area contributed by atoms with Crippen LogP contribution in [0.5, 0.6) is 0 Å². The van der Waals surface area contributed by atoms with Crippen molar-refractivity contribution in [3.63, 3.8) is 0 Å². The van der Waals surface area contributed by atoms with Crippen molar-refractivity contribution in [3.05, 3.63) is 34.8 Å².